The topological polar surface area (TPSA) is 67.6 Å². The van der Waals surface area contributed by atoms with E-state index < -0.39 is 0 Å². The van der Waals surface area contributed by atoms with Crippen molar-refractivity contribution < 1.29 is 13.9 Å². The van der Waals surface area contributed by atoms with Crippen LogP contribution in [0.5, 0.6) is 5.75 Å². The molecule has 0 spiro atoms. The number of fused-ring (bicyclic) bond motifs is 1. The second kappa shape index (κ2) is 5.88. The van der Waals surface area contributed by atoms with E-state index >= 15 is 0 Å². The van der Waals surface area contributed by atoms with Crippen molar-refractivity contribution in [3.63, 3.8) is 0 Å². The molecule has 0 bridgehead atoms. The summed E-state index contributed by atoms with van der Waals surface area (Å²) in [7, 11) is 1.60. The van der Waals surface area contributed by atoms with E-state index in [-0.39, 0.29) is 5.91 Å². The average molecular weight is 323 g/mol. The highest BCUT2D eigenvalue weighted by atomic mass is 16.5. The Morgan fingerprint density at radius 1 is 1.25 bits per heavy atom. The number of hydrogen-bond acceptors (Lipinski definition) is 5. The van der Waals surface area contributed by atoms with E-state index in [1.54, 1.807) is 12.0 Å². The van der Waals surface area contributed by atoms with Crippen LogP contribution >= 0.6 is 0 Å². The van der Waals surface area contributed by atoms with Crippen molar-refractivity contribution in [2.24, 2.45) is 0 Å². The Hall–Kier alpha value is -3.02. The lowest BCUT2D eigenvalue weighted by Crippen LogP contribution is -2.24. The number of hydrogen-bond donors (Lipinski definition) is 1. The molecule has 3 aromatic rings. The van der Waals surface area contributed by atoms with Gasteiger partial charge in [0.25, 0.3) is 6.01 Å². The molecule has 0 atom stereocenters. The lowest BCUT2D eigenvalue weighted by atomic mass is 10.2. The summed E-state index contributed by atoms with van der Waals surface area (Å²) in [6.45, 7) is 0.710. The lowest BCUT2D eigenvalue weighted by molar-refractivity contribution is -0.117. The highest BCUT2D eigenvalue weighted by molar-refractivity contribution is 5.97. The third-order valence-electron chi connectivity index (χ3n) is 4.09. The number of carbonyl (C=O) groups is 1. The Morgan fingerprint density at radius 2 is 2.12 bits per heavy atom. The van der Waals surface area contributed by atoms with Crippen LogP contribution in [0.15, 0.2) is 46.9 Å². The van der Waals surface area contributed by atoms with Crippen LogP contribution in [0.3, 0.4) is 0 Å². The van der Waals surface area contributed by atoms with Crippen LogP contribution in [0, 0.1) is 0 Å². The van der Waals surface area contributed by atoms with Crippen LogP contribution in [-0.2, 0) is 4.79 Å². The first-order valence-electron chi connectivity index (χ1n) is 7.85. The molecule has 0 saturated carbocycles. The van der Waals surface area contributed by atoms with Gasteiger partial charge in [-0.2, -0.15) is 4.98 Å². The van der Waals surface area contributed by atoms with Gasteiger partial charge in [0.15, 0.2) is 5.58 Å². The van der Waals surface area contributed by atoms with Gasteiger partial charge in [0.2, 0.25) is 5.91 Å². The maximum absolute atomic E-state index is 12.0. The Kier molecular flexibility index (Phi) is 3.57. The number of anilines is 3. The third-order valence-corrected chi connectivity index (χ3v) is 4.09. The van der Waals surface area contributed by atoms with E-state index in [0.29, 0.717) is 24.7 Å². The number of nitrogens with zero attached hydrogens (tertiary/aromatic N) is 2. The van der Waals surface area contributed by atoms with Crippen molar-refractivity contribution in [3.05, 3.63) is 42.5 Å². The standard InChI is InChI=1S/C18H17N3O3/c1-23-16-9-8-12(11-14(16)21-10-4-7-17(21)22)19-18-20-13-5-2-3-6-15(13)24-18/h2-3,5-6,8-9,11H,4,7,10H2,1H3,(H,19,20). The number of methoxy groups -OCH3 is 1. The first kappa shape index (κ1) is 14.6. The molecule has 6 heteroatoms. The number of carbonyl (C=O) groups excluding carboxylic acids is 1. The van der Waals surface area contributed by atoms with Crippen molar-refractivity contribution in [1.29, 1.82) is 0 Å². The number of amides is 1. The summed E-state index contributed by atoms with van der Waals surface area (Å²) in [6, 6.07) is 13.6. The molecule has 1 amide bonds. The number of nitrogens with one attached hydrogen (secondary N) is 1. The predicted molar refractivity (Wildman–Crippen MR) is 91.9 cm³/mol. The molecule has 1 aliphatic rings. The first-order chi connectivity index (χ1) is 11.7. The minimum Gasteiger partial charge on any atom is -0.495 e. The minimum absolute atomic E-state index is 0.118. The summed E-state index contributed by atoms with van der Waals surface area (Å²) in [5, 5.41) is 3.15. The maximum atomic E-state index is 12.0. The number of rotatable bonds is 4. The van der Waals surface area contributed by atoms with Crippen LogP contribution in [-0.4, -0.2) is 24.5 Å². The SMILES string of the molecule is COc1ccc(Nc2nc3ccccc3o2)cc1N1CCCC1=O. The van der Waals surface area contributed by atoms with Crippen LogP contribution in [0.2, 0.25) is 0 Å². The maximum Gasteiger partial charge on any atom is 0.300 e. The van der Waals surface area contributed by atoms with Crippen molar-refractivity contribution in [3.8, 4) is 5.75 Å². The Morgan fingerprint density at radius 3 is 2.88 bits per heavy atom. The van der Waals surface area contributed by atoms with Gasteiger partial charge in [0.1, 0.15) is 11.3 Å². The molecule has 1 aliphatic heterocycles. The van der Waals surface area contributed by atoms with Crippen molar-refractivity contribution in [2.75, 3.05) is 23.9 Å². The predicted octanol–water partition coefficient (Wildman–Crippen LogP) is 3.71. The number of ether oxygens (including phenoxy) is 1. The molecule has 1 fully saturated rings. The zero-order valence-corrected chi connectivity index (χ0v) is 13.3. The van der Waals surface area contributed by atoms with E-state index in [0.717, 1.165) is 28.9 Å². The number of para-hydroxylation sites is 2. The lowest BCUT2D eigenvalue weighted by Gasteiger charge is -2.19. The average Bonchev–Trinajstić information content (AvgIpc) is 3.20. The number of benzene rings is 2. The monoisotopic (exact) mass is 323 g/mol. The van der Waals surface area contributed by atoms with Gasteiger partial charge in [-0.05, 0) is 36.8 Å². The molecule has 0 unspecified atom stereocenters. The molecule has 1 aromatic heterocycles. The molecule has 6 nitrogen and oxygen atoms in total. The molecule has 0 aliphatic carbocycles. The highest BCUT2D eigenvalue weighted by Crippen LogP contribution is 2.35. The minimum atomic E-state index is 0.118. The van der Waals surface area contributed by atoms with Gasteiger partial charge in [-0.15, -0.1) is 0 Å². The zero-order valence-electron chi connectivity index (χ0n) is 13.3. The van der Waals surface area contributed by atoms with E-state index in [1.165, 1.54) is 0 Å². The van der Waals surface area contributed by atoms with Gasteiger partial charge in [0.05, 0.1) is 12.8 Å². The Balaban J connectivity index is 1.66. The molecule has 2 aromatic carbocycles. The van der Waals surface area contributed by atoms with Gasteiger partial charge in [-0.1, -0.05) is 12.1 Å². The third kappa shape index (κ3) is 2.56. The highest BCUT2D eigenvalue weighted by Gasteiger charge is 2.24. The Bertz CT molecular complexity index is 870. The van der Waals surface area contributed by atoms with Gasteiger partial charge < -0.3 is 19.4 Å². The fourth-order valence-electron chi connectivity index (χ4n) is 2.93. The summed E-state index contributed by atoms with van der Waals surface area (Å²) >= 11 is 0. The summed E-state index contributed by atoms with van der Waals surface area (Å²) in [4.78, 5) is 18.2. The van der Waals surface area contributed by atoms with E-state index in [2.05, 4.69) is 10.3 Å². The van der Waals surface area contributed by atoms with Crippen molar-refractivity contribution >= 4 is 34.4 Å². The smallest absolute Gasteiger partial charge is 0.300 e. The molecule has 1 saturated heterocycles. The molecule has 2 heterocycles. The van der Waals surface area contributed by atoms with Gasteiger partial charge in [-0.25, -0.2) is 0 Å². The van der Waals surface area contributed by atoms with E-state index in [1.807, 2.05) is 42.5 Å². The molecule has 24 heavy (non-hydrogen) atoms. The fraction of sp³-hybridized carbons (Fsp3) is 0.222. The van der Waals surface area contributed by atoms with E-state index in [9.17, 15) is 4.79 Å². The van der Waals surface area contributed by atoms with Crippen LogP contribution in [0.1, 0.15) is 12.8 Å². The molecular weight excluding hydrogens is 306 g/mol. The molecular formula is C18H17N3O3. The van der Waals surface area contributed by atoms with Gasteiger partial charge in [-0.3, -0.25) is 4.79 Å². The molecule has 0 radical (unpaired) electrons. The van der Waals surface area contributed by atoms with Crippen molar-refractivity contribution in [1.82, 2.24) is 4.98 Å². The molecule has 4 rings (SSSR count). The largest absolute Gasteiger partial charge is 0.495 e. The quantitative estimate of drug-likeness (QED) is 0.793. The van der Waals surface area contributed by atoms with Crippen LogP contribution in [0.4, 0.5) is 17.4 Å². The zero-order chi connectivity index (χ0) is 16.5. The van der Waals surface area contributed by atoms with Crippen LogP contribution < -0.4 is 15.0 Å². The summed E-state index contributed by atoms with van der Waals surface area (Å²) < 4.78 is 11.1. The second-order valence-corrected chi connectivity index (χ2v) is 5.65. The van der Waals surface area contributed by atoms with Crippen LogP contribution in [0.25, 0.3) is 11.1 Å². The summed E-state index contributed by atoms with van der Waals surface area (Å²) in [5.74, 6) is 0.792. The molecule has 122 valence electrons. The second-order valence-electron chi connectivity index (χ2n) is 5.65. The summed E-state index contributed by atoms with van der Waals surface area (Å²) in [5.41, 5.74) is 3.07. The Labute approximate surface area is 139 Å². The fourth-order valence-corrected chi connectivity index (χ4v) is 2.93. The normalized spacial score (nSPS) is 14.4. The van der Waals surface area contributed by atoms with E-state index in [4.69, 9.17) is 9.15 Å². The van der Waals surface area contributed by atoms with Gasteiger partial charge >= 0.3 is 0 Å². The molecule has 1 N–H and O–H groups in total. The number of aromatic nitrogens is 1. The number of oxazole rings is 1. The van der Waals surface area contributed by atoms with Crippen molar-refractivity contribution in [2.45, 2.75) is 12.8 Å². The van der Waals surface area contributed by atoms with Gasteiger partial charge in [0, 0.05) is 18.7 Å². The first-order valence-corrected chi connectivity index (χ1v) is 7.85. The summed E-state index contributed by atoms with van der Waals surface area (Å²) in [6.07, 6.45) is 1.44.